The standard InChI is InChI=1S/C25H25NO4S/c1-27-19-7-5-6-18(14-19)23-10-11-26(20-8-3-4-9-24(20)31-23)15-17-12-21(28-2)25-22(13-17)29-16-30-25/h3-9,12-14,23H,10-11,15-16H2,1-2H3/t23-/m0/s1. The van der Waals surface area contributed by atoms with Crippen molar-refractivity contribution in [3.8, 4) is 23.0 Å². The van der Waals surface area contributed by atoms with E-state index in [9.17, 15) is 0 Å². The minimum Gasteiger partial charge on any atom is -0.497 e. The minimum absolute atomic E-state index is 0.237. The van der Waals surface area contributed by atoms with Crippen LogP contribution in [0.25, 0.3) is 0 Å². The second kappa shape index (κ2) is 8.63. The summed E-state index contributed by atoms with van der Waals surface area (Å²) in [7, 11) is 3.38. The fraction of sp³-hybridized carbons (Fsp3) is 0.280. The smallest absolute Gasteiger partial charge is 0.231 e. The van der Waals surface area contributed by atoms with Crippen LogP contribution in [0.2, 0.25) is 0 Å². The lowest BCUT2D eigenvalue weighted by atomic mass is 10.1. The monoisotopic (exact) mass is 435 g/mol. The van der Waals surface area contributed by atoms with Crippen molar-refractivity contribution in [3.63, 3.8) is 0 Å². The van der Waals surface area contributed by atoms with Crippen LogP contribution in [0.1, 0.15) is 22.8 Å². The van der Waals surface area contributed by atoms with Crippen LogP contribution in [0.5, 0.6) is 23.0 Å². The van der Waals surface area contributed by atoms with Gasteiger partial charge in [-0.15, -0.1) is 11.8 Å². The first-order valence-corrected chi connectivity index (χ1v) is 11.2. The molecule has 0 saturated carbocycles. The van der Waals surface area contributed by atoms with Gasteiger partial charge in [-0.05, 0) is 53.9 Å². The summed E-state index contributed by atoms with van der Waals surface area (Å²) in [4.78, 5) is 3.74. The summed E-state index contributed by atoms with van der Waals surface area (Å²) in [6.45, 7) is 1.96. The van der Waals surface area contributed by atoms with E-state index >= 15 is 0 Å². The van der Waals surface area contributed by atoms with Crippen molar-refractivity contribution in [2.45, 2.75) is 23.1 Å². The number of rotatable bonds is 5. The summed E-state index contributed by atoms with van der Waals surface area (Å²) in [6, 6.07) is 21.2. The zero-order valence-electron chi connectivity index (χ0n) is 17.7. The predicted molar refractivity (Wildman–Crippen MR) is 123 cm³/mol. The van der Waals surface area contributed by atoms with Gasteiger partial charge in [-0.1, -0.05) is 24.3 Å². The molecular weight excluding hydrogens is 410 g/mol. The quantitative estimate of drug-likeness (QED) is 0.514. The molecule has 3 aromatic rings. The molecule has 0 amide bonds. The van der Waals surface area contributed by atoms with Crippen LogP contribution in [0.4, 0.5) is 5.69 Å². The first kappa shape index (κ1) is 19.9. The first-order valence-electron chi connectivity index (χ1n) is 10.4. The van der Waals surface area contributed by atoms with E-state index in [1.165, 1.54) is 16.1 Å². The van der Waals surface area contributed by atoms with E-state index < -0.39 is 0 Å². The third-order valence-corrected chi connectivity index (χ3v) is 7.09. The van der Waals surface area contributed by atoms with Crippen LogP contribution in [0, 0.1) is 0 Å². The van der Waals surface area contributed by atoms with Crippen molar-refractivity contribution < 1.29 is 18.9 Å². The largest absolute Gasteiger partial charge is 0.497 e. The second-order valence-corrected chi connectivity index (χ2v) is 8.84. The number of anilines is 1. The number of thioether (sulfide) groups is 1. The molecule has 31 heavy (non-hydrogen) atoms. The number of para-hydroxylation sites is 1. The molecule has 0 unspecified atom stereocenters. The van der Waals surface area contributed by atoms with E-state index in [1.54, 1.807) is 14.2 Å². The summed E-state index contributed by atoms with van der Waals surface area (Å²) in [5.41, 5.74) is 3.70. The Bertz CT molecular complexity index is 1090. The van der Waals surface area contributed by atoms with Gasteiger partial charge in [0, 0.05) is 23.2 Å². The molecule has 0 N–H and O–H groups in total. The van der Waals surface area contributed by atoms with Crippen molar-refractivity contribution in [1.82, 2.24) is 0 Å². The lowest BCUT2D eigenvalue weighted by Gasteiger charge is -2.25. The maximum Gasteiger partial charge on any atom is 0.231 e. The molecule has 0 bridgehead atoms. The highest BCUT2D eigenvalue weighted by atomic mass is 32.2. The van der Waals surface area contributed by atoms with Gasteiger partial charge in [-0.2, -0.15) is 0 Å². The molecule has 2 heterocycles. The van der Waals surface area contributed by atoms with E-state index in [0.717, 1.165) is 42.3 Å². The van der Waals surface area contributed by atoms with Crippen molar-refractivity contribution in [1.29, 1.82) is 0 Å². The van der Waals surface area contributed by atoms with Crippen LogP contribution in [0.3, 0.4) is 0 Å². The van der Waals surface area contributed by atoms with E-state index in [-0.39, 0.29) is 6.79 Å². The van der Waals surface area contributed by atoms with Crippen LogP contribution in [0.15, 0.2) is 65.6 Å². The molecule has 5 rings (SSSR count). The van der Waals surface area contributed by atoms with Gasteiger partial charge in [0.2, 0.25) is 12.5 Å². The van der Waals surface area contributed by atoms with Crippen LogP contribution in [-0.2, 0) is 6.54 Å². The van der Waals surface area contributed by atoms with Crippen molar-refractivity contribution >= 4 is 17.4 Å². The molecule has 0 spiro atoms. The molecule has 0 aliphatic carbocycles. The Kier molecular flexibility index (Phi) is 5.55. The Hall–Kier alpha value is -2.99. The Labute approximate surface area is 186 Å². The summed E-state index contributed by atoms with van der Waals surface area (Å²) in [6.07, 6.45) is 1.04. The fourth-order valence-corrected chi connectivity index (χ4v) is 5.45. The SMILES string of the molecule is COc1cccc([C@@H]2CCN(Cc3cc(OC)c4c(c3)OCO4)c3ccccc3S2)c1. The van der Waals surface area contributed by atoms with Gasteiger partial charge in [0.1, 0.15) is 5.75 Å². The van der Waals surface area contributed by atoms with Gasteiger partial charge < -0.3 is 23.8 Å². The molecule has 3 aromatic carbocycles. The highest BCUT2D eigenvalue weighted by Gasteiger charge is 2.25. The molecule has 0 radical (unpaired) electrons. The van der Waals surface area contributed by atoms with Gasteiger partial charge in [-0.25, -0.2) is 0 Å². The maximum absolute atomic E-state index is 5.62. The van der Waals surface area contributed by atoms with Gasteiger partial charge in [-0.3, -0.25) is 0 Å². The number of ether oxygens (including phenoxy) is 4. The first-order chi connectivity index (χ1) is 15.2. The van der Waals surface area contributed by atoms with Crippen LogP contribution in [-0.4, -0.2) is 27.6 Å². The molecular formula is C25H25NO4S. The second-order valence-electron chi connectivity index (χ2n) is 7.59. The zero-order chi connectivity index (χ0) is 21.2. The van der Waals surface area contributed by atoms with Gasteiger partial charge in [0.15, 0.2) is 11.5 Å². The molecule has 2 aliphatic heterocycles. The van der Waals surface area contributed by atoms with Gasteiger partial charge in [0.25, 0.3) is 0 Å². The fourth-order valence-electron chi connectivity index (χ4n) is 4.16. The number of methoxy groups -OCH3 is 2. The summed E-state index contributed by atoms with van der Waals surface area (Å²) >= 11 is 1.93. The molecule has 0 fully saturated rings. The summed E-state index contributed by atoms with van der Waals surface area (Å²) < 4.78 is 22.2. The van der Waals surface area contributed by atoms with Gasteiger partial charge in [0.05, 0.1) is 19.9 Å². The van der Waals surface area contributed by atoms with Crippen molar-refractivity contribution in [3.05, 3.63) is 71.8 Å². The number of nitrogens with zero attached hydrogens (tertiary/aromatic N) is 1. The third-order valence-electron chi connectivity index (χ3n) is 5.69. The maximum atomic E-state index is 5.62. The topological polar surface area (TPSA) is 40.2 Å². The van der Waals surface area contributed by atoms with E-state index in [4.69, 9.17) is 18.9 Å². The molecule has 2 aliphatic rings. The van der Waals surface area contributed by atoms with Crippen molar-refractivity contribution in [2.24, 2.45) is 0 Å². The summed E-state index contributed by atoms with van der Waals surface area (Å²) in [5.74, 6) is 3.06. The molecule has 0 aromatic heterocycles. The Morgan fingerprint density at radius 2 is 1.90 bits per heavy atom. The number of fused-ring (bicyclic) bond motifs is 2. The molecule has 160 valence electrons. The van der Waals surface area contributed by atoms with Crippen LogP contribution < -0.4 is 23.8 Å². The summed E-state index contributed by atoms with van der Waals surface area (Å²) in [5, 5.41) is 0.368. The molecule has 6 heteroatoms. The Morgan fingerprint density at radius 1 is 1.00 bits per heavy atom. The molecule has 0 saturated heterocycles. The Balaban J connectivity index is 1.44. The van der Waals surface area contributed by atoms with E-state index in [2.05, 4.69) is 53.4 Å². The average molecular weight is 436 g/mol. The third kappa shape index (κ3) is 4.00. The minimum atomic E-state index is 0.237. The van der Waals surface area contributed by atoms with Gasteiger partial charge >= 0.3 is 0 Å². The number of benzene rings is 3. The highest BCUT2D eigenvalue weighted by Crippen LogP contribution is 2.47. The van der Waals surface area contributed by atoms with E-state index in [0.29, 0.717) is 11.0 Å². The lowest BCUT2D eigenvalue weighted by molar-refractivity contribution is 0.171. The predicted octanol–water partition coefficient (Wildman–Crippen LogP) is 5.68. The number of hydrogen-bond donors (Lipinski definition) is 0. The lowest BCUT2D eigenvalue weighted by Crippen LogP contribution is -2.24. The molecule has 1 atom stereocenters. The Morgan fingerprint density at radius 3 is 2.77 bits per heavy atom. The van der Waals surface area contributed by atoms with Crippen LogP contribution >= 0.6 is 11.8 Å². The highest BCUT2D eigenvalue weighted by molar-refractivity contribution is 7.99. The molecule has 5 nitrogen and oxygen atoms in total. The average Bonchev–Trinajstić information content (AvgIpc) is 3.21. The number of hydrogen-bond acceptors (Lipinski definition) is 6. The zero-order valence-corrected chi connectivity index (χ0v) is 18.5. The van der Waals surface area contributed by atoms with Crippen molar-refractivity contribution in [2.75, 3.05) is 32.5 Å². The van der Waals surface area contributed by atoms with E-state index in [1.807, 2.05) is 23.9 Å². The normalized spacial score (nSPS) is 17.1.